The van der Waals surface area contributed by atoms with E-state index < -0.39 is 0 Å². The van der Waals surface area contributed by atoms with E-state index in [0.29, 0.717) is 13.2 Å². The molecule has 1 aliphatic rings. The fourth-order valence-electron chi connectivity index (χ4n) is 1.02. The second-order valence-corrected chi connectivity index (χ2v) is 4.91. The molecule has 0 N–H and O–H groups in total. The summed E-state index contributed by atoms with van der Waals surface area (Å²) in [5.41, 5.74) is 0. The smallest absolute Gasteiger partial charge is 0.194 e. The summed E-state index contributed by atoms with van der Waals surface area (Å²) in [5, 5.41) is 0. The van der Waals surface area contributed by atoms with Crippen LogP contribution in [0.15, 0.2) is 10.5 Å². The van der Waals surface area contributed by atoms with Crippen LogP contribution in [0, 0.1) is 0 Å². The van der Waals surface area contributed by atoms with Crippen LogP contribution in [-0.4, -0.2) is 13.2 Å². The number of ether oxygens (including phenoxy) is 2. The zero-order valence-electron chi connectivity index (χ0n) is 6.05. The van der Waals surface area contributed by atoms with Crippen molar-refractivity contribution in [2.24, 2.45) is 0 Å². The summed E-state index contributed by atoms with van der Waals surface area (Å²) in [6.45, 7) is 1.32. The van der Waals surface area contributed by atoms with Gasteiger partial charge in [-0.05, 0) is 22.0 Å². The second-order valence-electron chi connectivity index (χ2n) is 2.34. The summed E-state index contributed by atoms with van der Waals surface area (Å²) in [7, 11) is 0. The number of hydrogen-bond acceptors (Lipinski definition) is 3. The fourth-order valence-corrected chi connectivity index (χ4v) is 3.10. The predicted molar refractivity (Wildman–Crippen MR) is 51.7 cm³/mol. The molecule has 0 bridgehead atoms. The molecule has 1 aromatic rings. The first-order valence-electron chi connectivity index (χ1n) is 3.45. The molecule has 2 heterocycles. The van der Waals surface area contributed by atoms with Crippen molar-refractivity contribution in [2.45, 2.75) is 6.29 Å². The lowest BCUT2D eigenvalue weighted by Gasteiger charge is -2.05. The maximum absolute atomic E-state index is 5.82. The highest BCUT2D eigenvalue weighted by Crippen LogP contribution is 2.38. The Morgan fingerprint density at radius 2 is 2.17 bits per heavy atom. The summed E-state index contributed by atoms with van der Waals surface area (Å²) in [6, 6.07) is 1.85. The van der Waals surface area contributed by atoms with Gasteiger partial charge < -0.3 is 9.47 Å². The van der Waals surface area contributed by atoms with E-state index in [9.17, 15) is 0 Å². The highest BCUT2D eigenvalue weighted by Gasteiger charge is 2.22. The molecule has 0 aliphatic carbocycles. The van der Waals surface area contributed by atoms with Crippen LogP contribution in [0.1, 0.15) is 11.2 Å². The molecule has 0 atom stereocenters. The molecule has 0 unspecified atom stereocenters. The molecule has 66 valence electrons. The van der Waals surface area contributed by atoms with Crippen molar-refractivity contribution in [2.75, 3.05) is 13.2 Å². The molecule has 1 aliphatic heterocycles. The highest BCUT2D eigenvalue weighted by molar-refractivity contribution is 9.10. The molecule has 12 heavy (non-hydrogen) atoms. The van der Waals surface area contributed by atoms with Crippen molar-refractivity contribution in [3.8, 4) is 0 Å². The largest absolute Gasteiger partial charge is 0.345 e. The molecule has 0 amide bonds. The van der Waals surface area contributed by atoms with Gasteiger partial charge in [-0.25, -0.2) is 0 Å². The minimum Gasteiger partial charge on any atom is -0.345 e. The van der Waals surface area contributed by atoms with Gasteiger partial charge in [0.2, 0.25) is 0 Å². The Balaban J connectivity index is 2.25. The van der Waals surface area contributed by atoms with E-state index in [4.69, 9.17) is 21.1 Å². The molecule has 1 fully saturated rings. The van der Waals surface area contributed by atoms with E-state index in [1.54, 1.807) is 0 Å². The third-order valence-corrected chi connectivity index (χ3v) is 3.72. The van der Waals surface area contributed by atoms with Crippen LogP contribution in [0.2, 0.25) is 4.34 Å². The molecular weight excluding hydrogens is 263 g/mol. The zero-order valence-corrected chi connectivity index (χ0v) is 9.21. The van der Waals surface area contributed by atoms with Crippen LogP contribution in [-0.2, 0) is 9.47 Å². The standard InChI is InChI=1S/C7H6BrClO2S/c8-4-3-5(9)12-6(4)7-10-1-2-11-7/h3,7H,1-2H2. The van der Waals surface area contributed by atoms with Gasteiger partial charge in [0.05, 0.1) is 22.4 Å². The molecular formula is C7H6BrClO2S. The summed E-state index contributed by atoms with van der Waals surface area (Å²) < 4.78 is 12.4. The molecule has 2 rings (SSSR count). The molecule has 0 aromatic carbocycles. The van der Waals surface area contributed by atoms with E-state index in [-0.39, 0.29) is 6.29 Å². The first kappa shape index (κ1) is 8.97. The maximum Gasteiger partial charge on any atom is 0.194 e. The van der Waals surface area contributed by atoms with Gasteiger partial charge in [0.15, 0.2) is 6.29 Å². The Bertz CT molecular complexity index is 283. The summed E-state index contributed by atoms with van der Waals surface area (Å²) >= 11 is 10.7. The SMILES string of the molecule is Clc1cc(Br)c(C2OCCO2)s1. The minimum absolute atomic E-state index is 0.225. The van der Waals surface area contributed by atoms with Gasteiger partial charge in [-0.3, -0.25) is 0 Å². The first-order valence-corrected chi connectivity index (χ1v) is 5.44. The topological polar surface area (TPSA) is 18.5 Å². The van der Waals surface area contributed by atoms with Crippen molar-refractivity contribution in [3.63, 3.8) is 0 Å². The van der Waals surface area contributed by atoms with Crippen molar-refractivity contribution in [1.82, 2.24) is 0 Å². The van der Waals surface area contributed by atoms with Gasteiger partial charge in [-0.2, -0.15) is 0 Å². The van der Waals surface area contributed by atoms with Gasteiger partial charge in [-0.15, -0.1) is 11.3 Å². The number of thiophene rings is 1. The fraction of sp³-hybridized carbons (Fsp3) is 0.429. The summed E-state index contributed by atoms with van der Waals surface area (Å²) in [4.78, 5) is 1.01. The Hall–Kier alpha value is 0.390. The lowest BCUT2D eigenvalue weighted by atomic mass is 10.4. The van der Waals surface area contributed by atoms with Crippen LogP contribution in [0.3, 0.4) is 0 Å². The van der Waals surface area contributed by atoms with Crippen LogP contribution in [0.25, 0.3) is 0 Å². The van der Waals surface area contributed by atoms with Gasteiger partial charge in [0, 0.05) is 4.47 Å². The maximum atomic E-state index is 5.82. The lowest BCUT2D eigenvalue weighted by Crippen LogP contribution is -1.94. The monoisotopic (exact) mass is 268 g/mol. The van der Waals surface area contributed by atoms with E-state index in [0.717, 1.165) is 13.7 Å². The molecule has 5 heteroatoms. The van der Waals surface area contributed by atoms with Crippen LogP contribution in [0.4, 0.5) is 0 Å². The van der Waals surface area contributed by atoms with Crippen molar-refractivity contribution in [1.29, 1.82) is 0 Å². The van der Waals surface area contributed by atoms with E-state index in [1.165, 1.54) is 11.3 Å². The minimum atomic E-state index is -0.225. The number of halogens is 2. The second kappa shape index (κ2) is 3.64. The first-order chi connectivity index (χ1) is 5.77. The zero-order chi connectivity index (χ0) is 8.55. The number of hydrogen-bond donors (Lipinski definition) is 0. The average molecular weight is 270 g/mol. The van der Waals surface area contributed by atoms with Crippen molar-refractivity contribution in [3.05, 3.63) is 19.8 Å². The summed E-state index contributed by atoms with van der Waals surface area (Å²) in [5.74, 6) is 0. The Kier molecular flexibility index (Phi) is 2.72. The predicted octanol–water partition coefficient (Wildman–Crippen LogP) is 3.21. The van der Waals surface area contributed by atoms with Gasteiger partial charge in [0.1, 0.15) is 0 Å². The lowest BCUT2D eigenvalue weighted by molar-refractivity contribution is -0.0418. The Morgan fingerprint density at radius 3 is 2.67 bits per heavy atom. The van der Waals surface area contributed by atoms with Crippen LogP contribution < -0.4 is 0 Å². The molecule has 0 saturated carbocycles. The molecule has 0 spiro atoms. The van der Waals surface area contributed by atoms with Gasteiger partial charge in [0.25, 0.3) is 0 Å². The van der Waals surface area contributed by atoms with Gasteiger partial charge in [-0.1, -0.05) is 11.6 Å². The molecule has 0 radical (unpaired) electrons. The average Bonchev–Trinajstić information content (AvgIpc) is 2.58. The number of rotatable bonds is 1. The molecule has 1 aromatic heterocycles. The summed E-state index contributed by atoms with van der Waals surface area (Å²) in [6.07, 6.45) is -0.225. The van der Waals surface area contributed by atoms with Crippen molar-refractivity contribution < 1.29 is 9.47 Å². The van der Waals surface area contributed by atoms with Crippen LogP contribution >= 0.6 is 38.9 Å². The quantitative estimate of drug-likeness (QED) is 0.779. The molecule has 2 nitrogen and oxygen atoms in total. The van der Waals surface area contributed by atoms with Crippen LogP contribution in [0.5, 0.6) is 0 Å². The Labute approximate surface area is 87.6 Å². The normalized spacial score (nSPS) is 18.8. The van der Waals surface area contributed by atoms with E-state index in [1.807, 2.05) is 6.07 Å². The molecule has 1 saturated heterocycles. The van der Waals surface area contributed by atoms with E-state index in [2.05, 4.69) is 15.9 Å². The van der Waals surface area contributed by atoms with Gasteiger partial charge >= 0.3 is 0 Å². The third kappa shape index (κ3) is 1.67. The highest BCUT2D eigenvalue weighted by atomic mass is 79.9. The van der Waals surface area contributed by atoms with E-state index >= 15 is 0 Å². The Morgan fingerprint density at radius 1 is 1.50 bits per heavy atom. The van der Waals surface area contributed by atoms with Crippen molar-refractivity contribution >= 4 is 38.9 Å². The third-order valence-electron chi connectivity index (χ3n) is 1.52.